The largest absolute Gasteiger partial charge is 0.367 e. The smallest absolute Gasteiger partial charge is 0.255 e. The first-order valence-electron chi connectivity index (χ1n) is 10.1. The molecule has 2 aromatic rings. The Labute approximate surface area is 182 Å². The van der Waals surface area contributed by atoms with Gasteiger partial charge in [-0.3, -0.25) is 4.79 Å². The van der Waals surface area contributed by atoms with Gasteiger partial charge in [-0.05, 0) is 36.9 Å². The van der Waals surface area contributed by atoms with Crippen molar-refractivity contribution in [1.29, 1.82) is 0 Å². The number of anilines is 2. The maximum absolute atomic E-state index is 14.2. The van der Waals surface area contributed by atoms with Gasteiger partial charge in [0, 0.05) is 38.3 Å². The molecule has 1 aliphatic rings. The number of nitrogens with zero attached hydrogens (tertiary/aromatic N) is 2. The third-order valence-corrected chi connectivity index (χ3v) is 6.65. The molecule has 1 heterocycles. The number of sulfonamides is 1. The number of carbonyl (C=O) groups is 1. The lowest BCUT2D eigenvalue weighted by Gasteiger charge is -2.36. The quantitative estimate of drug-likeness (QED) is 0.610. The second-order valence-corrected chi connectivity index (χ2v) is 8.91. The van der Waals surface area contributed by atoms with E-state index in [0.717, 1.165) is 50.5 Å². The average Bonchev–Trinajstić information content (AvgIpc) is 2.78. The second kappa shape index (κ2) is 10.0. The highest BCUT2D eigenvalue weighted by molar-refractivity contribution is 7.89. The second-order valence-electron chi connectivity index (χ2n) is 7.18. The van der Waals surface area contributed by atoms with E-state index in [1.807, 2.05) is 18.2 Å². The Morgan fingerprint density at radius 2 is 1.87 bits per heavy atom. The first-order valence-corrected chi connectivity index (χ1v) is 11.6. The van der Waals surface area contributed by atoms with Crippen LogP contribution in [0.1, 0.15) is 17.3 Å². The summed E-state index contributed by atoms with van der Waals surface area (Å²) in [6.07, 6.45) is 1.35. The van der Waals surface area contributed by atoms with Gasteiger partial charge >= 0.3 is 0 Å². The van der Waals surface area contributed by atoms with Crippen molar-refractivity contribution in [2.24, 2.45) is 0 Å². The summed E-state index contributed by atoms with van der Waals surface area (Å²) in [5.41, 5.74) is 1.57. The number of carbonyl (C=O) groups excluding carboxylic acids is 1. The van der Waals surface area contributed by atoms with E-state index in [4.69, 9.17) is 0 Å². The van der Waals surface area contributed by atoms with Gasteiger partial charge in [-0.25, -0.2) is 17.5 Å². The van der Waals surface area contributed by atoms with Gasteiger partial charge in [-0.2, -0.15) is 0 Å². The Bertz CT molecular complexity index is 1050. The van der Waals surface area contributed by atoms with Gasteiger partial charge in [0.15, 0.2) is 0 Å². The maximum Gasteiger partial charge on any atom is 0.255 e. The fourth-order valence-electron chi connectivity index (χ4n) is 3.45. The molecule has 2 aromatic carbocycles. The Kier molecular flexibility index (Phi) is 7.42. The lowest BCUT2D eigenvalue weighted by Crippen LogP contribution is -2.46. The maximum atomic E-state index is 14.2. The summed E-state index contributed by atoms with van der Waals surface area (Å²) in [7, 11) is -4.10. The number of rotatable bonds is 8. The SMILES string of the molecule is C=CCNS(=O)(=O)c1cc(C(=O)Nc2ccccc2N2CCN(CC)CC2)ccc1F. The van der Waals surface area contributed by atoms with Crippen molar-refractivity contribution in [2.75, 3.05) is 49.5 Å². The summed E-state index contributed by atoms with van der Waals surface area (Å²) in [6, 6.07) is 10.8. The number of hydrogen-bond acceptors (Lipinski definition) is 5. The van der Waals surface area contributed by atoms with E-state index < -0.39 is 26.6 Å². The third-order valence-electron chi connectivity index (χ3n) is 5.21. The molecule has 0 atom stereocenters. The van der Waals surface area contributed by atoms with E-state index in [0.29, 0.717) is 5.69 Å². The van der Waals surface area contributed by atoms with Crippen molar-refractivity contribution in [3.05, 3.63) is 66.5 Å². The van der Waals surface area contributed by atoms with Crippen LogP contribution >= 0.6 is 0 Å². The number of para-hydroxylation sites is 2. The van der Waals surface area contributed by atoms with Gasteiger partial charge in [0.25, 0.3) is 5.91 Å². The molecule has 0 aliphatic carbocycles. The summed E-state index contributed by atoms with van der Waals surface area (Å²) < 4.78 is 41.0. The molecule has 1 aliphatic heterocycles. The molecule has 1 saturated heterocycles. The number of piperazine rings is 1. The summed E-state index contributed by atoms with van der Waals surface area (Å²) in [5, 5.41) is 2.84. The van der Waals surface area contributed by atoms with Gasteiger partial charge < -0.3 is 15.1 Å². The van der Waals surface area contributed by atoms with Crippen LogP contribution in [0.4, 0.5) is 15.8 Å². The first kappa shape index (κ1) is 22.9. The van der Waals surface area contributed by atoms with Gasteiger partial charge in [0.2, 0.25) is 10.0 Å². The highest BCUT2D eigenvalue weighted by atomic mass is 32.2. The van der Waals surface area contributed by atoms with E-state index >= 15 is 0 Å². The van der Waals surface area contributed by atoms with Crippen molar-refractivity contribution < 1.29 is 17.6 Å². The minimum absolute atomic E-state index is 0.0448. The molecule has 2 N–H and O–H groups in total. The van der Waals surface area contributed by atoms with Crippen molar-refractivity contribution in [1.82, 2.24) is 9.62 Å². The normalized spacial score (nSPS) is 15.0. The number of benzene rings is 2. The van der Waals surface area contributed by atoms with E-state index in [1.54, 1.807) is 6.07 Å². The molecule has 31 heavy (non-hydrogen) atoms. The van der Waals surface area contributed by atoms with Crippen LogP contribution in [-0.4, -0.2) is 58.5 Å². The van der Waals surface area contributed by atoms with E-state index in [2.05, 4.69) is 33.3 Å². The summed E-state index contributed by atoms with van der Waals surface area (Å²) in [4.78, 5) is 16.9. The highest BCUT2D eigenvalue weighted by Crippen LogP contribution is 2.27. The standard InChI is InChI=1S/C22H27FN4O3S/c1-3-11-24-31(29,30)21-16-17(9-10-18(21)23)22(28)25-19-7-5-6-8-20(19)27-14-12-26(4-2)13-15-27/h3,5-10,16,24H,1,4,11-15H2,2H3,(H,25,28). The van der Waals surface area contributed by atoms with Crippen LogP contribution in [0.5, 0.6) is 0 Å². The molecule has 9 heteroatoms. The molecule has 0 radical (unpaired) electrons. The third kappa shape index (κ3) is 5.49. The molecule has 0 aromatic heterocycles. The molecule has 0 saturated carbocycles. The Morgan fingerprint density at radius 3 is 2.55 bits per heavy atom. The molecule has 3 rings (SSSR count). The van der Waals surface area contributed by atoms with Crippen LogP contribution < -0.4 is 14.9 Å². The van der Waals surface area contributed by atoms with Crippen LogP contribution in [-0.2, 0) is 10.0 Å². The molecule has 1 amide bonds. The van der Waals surface area contributed by atoms with E-state index in [1.165, 1.54) is 12.1 Å². The molecule has 7 nitrogen and oxygen atoms in total. The zero-order chi connectivity index (χ0) is 22.4. The first-order chi connectivity index (χ1) is 14.9. The number of likely N-dealkylation sites (N-methyl/N-ethyl adjacent to an activating group) is 1. The van der Waals surface area contributed by atoms with Gasteiger partial charge in [0.05, 0.1) is 11.4 Å². The van der Waals surface area contributed by atoms with Gasteiger partial charge in [-0.15, -0.1) is 6.58 Å². The number of nitrogens with one attached hydrogen (secondary N) is 2. The molecule has 166 valence electrons. The lowest BCUT2D eigenvalue weighted by atomic mass is 10.1. The fraction of sp³-hybridized carbons (Fsp3) is 0.318. The molecule has 0 bridgehead atoms. The number of hydrogen-bond donors (Lipinski definition) is 2. The number of halogens is 1. The van der Waals surface area contributed by atoms with Crippen LogP contribution in [0, 0.1) is 5.82 Å². The summed E-state index contributed by atoms with van der Waals surface area (Å²) in [5.74, 6) is -1.44. The predicted octanol–water partition coefficient (Wildman–Crippen LogP) is 2.68. The van der Waals surface area contributed by atoms with Crippen molar-refractivity contribution in [3.8, 4) is 0 Å². The molecule has 1 fully saturated rings. The van der Waals surface area contributed by atoms with Crippen LogP contribution in [0.3, 0.4) is 0 Å². The van der Waals surface area contributed by atoms with Gasteiger partial charge in [-0.1, -0.05) is 25.1 Å². The molecular weight excluding hydrogens is 419 g/mol. The van der Waals surface area contributed by atoms with Crippen LogP contribution in [0.2, 0.25) is 0 Å². The summed E-state index contributed by atoms with van der Waals surface area (Å²) in [6.45, 7) is 10.1. The van der Waals surface area contributed by atoms with Gasteiger partial charge in [0.1, 0.15) is 10.7 Å². The molecule has 0 spiro atoms. The fourth-order valence-corrected chi connectivity index (χ4v) is 4.55. The molecular formula is C22H27FN4O3S. The monoisotopic (exact) mass is 446 g/mol. The molecule has 0 unspecified atom stereocenters. The Hall–Kier alpha value is -2.75. The van der Waals surface area contributed by atoms with Crippen LogP contribution in [0.25, 0.3) is 0 Å². The van der Waals surface area contributed by atoms with E-state index in [9.17, 15) is 17.6 Å². The van der Waals surface area contributed by atoms with Crippen molar-refractivity contribution >= 4 is 27.3 Å². The Morgan fingerprint density at radius 1 is 1.16 bits per heavy atom. The average molecular weight is 447 g/mol. The topological polar surface area (TPSA) is 81.7 Å². The zero-order valence-corrected chi connectivity index (χ0v) is 18.3. The lowest BCUT2D eigenvalue weighted by molar-refractivity contribution is 0.102. The van der Waals surface area contributed by atoms with Crippen molar-refractivity contribution in [3.63, 3.8) is 0 Å². The summed E-state index contributed by atoms with van der Waals surface area (Å²) >= 11 is 0. The number of amides is 1. The van der Waals surface area contributed by atoms with Crippen molar-refractivity contribution in [2.45, 2.75) is 11.8 Å². The zero-order valence-electron chi connectivity index (χ0n) is 17.5. The minimum Gasteiger partial charge on any atom is -0.367 e. The highest BCUT2D eigenvalue weighted by Gasteiger charge is 2.22. The van der Waals surface area contributed by atoms with E-state index in [-0.39, 0.29) is 12.1 Å². The minimum atomic E-state index is -4.10. The Balaban J connectivity index is 1.81. The van der Waals surface area contributed by atoms with Crippen LogP contribution in [0.15, 0.2) is 60.0 Å². The predicted molar refractivity (Wildman–Crippen MR) is 121 cm³/mol.